The van der Waals surface area contributed by atoms with E-state index < -0.39 is 14.5 Å². The van der Waals surface area contributed by atoms with Gasteiger partial charge in [0, 0.05) is 21.8 Å². The quantitative estimate of drug-likeness (QED) is 0.852. The lowest BCUT2D eigenvalue weighted by Gasteiger charge is -2.18. The molecule has 0 atom stereocenters. The first-order valence-corrected chi connectivity index (χ1v) is 7.69. The Balaban J connectivity index is 3.04. The predicted molar refractivity (Wildman–Crippen MR) is 72.3 cm³/mol. The van der Waals surface area contributed by atoms with Gasteiger partial charge in [-0.2, -0.15) is 0 Å². The summed E-state index contributed by atoms with van der Waals surface area (Å²) in [5, 5.41) is 2.72. The van der Waals surface area contributed by atoms with E-state index in [-0.39, 0.29) is 10.8 Å². The first-order valence-electron chi connectivity index (χ1n) is 5.38. The summed E-state index contributed by atoms with van der Waals surface area (Å²) in [6, 6.07) is 4.49. The Morgan fingerprint density at radius 3 is 2.22 bits per heavy atom. The highest BCUT2D eigenvalue weighted by Gasteiger charge is 2.21. The SMILES string of the molecule is Cc1cc(NC(=O)C(C)(C)C)ccc1S(=O)(=O)Cl. The van der Waals surface area contributed by atoms with Gasteiger partial charge in [-0.1, -0.05) is 20.8 Å². The molecule has 0 saturated heterocycles. The zero-order valence-electron chi connectivity index (χ0n) is 10.7. The molecule has 0 bridgehead atoms. The van der Waals surface area contributed by atoms with Crippen LogP contribution in [-0.2, 0) is 13.8 Å². The molecule has 0 aromatic heterocycles. The van der Waals surface area contributed by atoms with Gasteiger partial charge in [0.2, 0.25) is 5.91 Å². The molecule has 6 heteroatoms. The van der Waals surface area contributed by atoms with Gasteiger partial charge in [0.15, 0.2) is 0 Å². The van der Waals surface area contributed by atoms with Gasteiger partial charge in [-0.3, -0.25) is 4.79 Å². The minimum absolute atomic E-state index is 0.0536. The van der Waals surface area contributed by atoms with E-state index in [0.29, 0.717) is 11.3 Å². The third kappa shape index (κ3) is 3.71. The van der Waals surface area contributed by atoms with Gasteiger partial charge in [-0.05, 0) is 30.7 Å². The first kappa shape index (κ1) is 15.0. The fraction of sp³-hybridized carbons (Fsp3) is 0.417. The van der Waals surface area contributed by atoms with Crippen molar-refractivity contribution in [2.75, 3.05) is 5.32 Å². The van der Waals surface area contributed by atoms with E-state index in [1.54, 1.807) is 33.8 Å². The van der Waals surface area contributed by atoms with Crippen molar-refractivity contribution in [2.45, 2.75) is 32.6 Å². The fourth-order valence-electron chi connectivity index (χ4n) is 1.32. The molecule has 0 aliphatic carbocycles. The number of hydrogen-bond donors (Lipinski definition) is 1. The third-order valence-corrected chi connectivity index (χ3v) is 3.86. The van der Waals surface area contributed by atoms with Gasteiger partial charge >= 0.3 is 0 Å². The molecule has 0 unspecified atom stereocenters. The molecular weight excluding hydrogens is 274 g/mol. The van der Waals surface area contributed by atoms with Crippen molar-refractivity contribution in [3.05, 3.63) is 23.8 Å². The minimum Gasteiger partial charge on any atom is -0.326 e. The van der Waals surface area contributed by atoms with Gasteiger partial charge < -0.3 is 5.32 Å². The summed E-state index contributed by atoms with van der Waals surface area (Å²) in [6.07, 6.45) is 0. The van der Waals surface area contributed by atoms with Crippen LogP contribution in [0.3, 0.4) is 0 Å². The molecule has 0 heterocycles. The number of hydrogen-bond acceptors (Lipinski definition) is 3. The largest absolute Gasteiger partial charge is 0.326 e. The van der Waals surface area contributed by atoms with Crippen molar-refractivity contribution >= 4 is 31.3 Å². The van der Waals surface area contributed by atoms with Gasteiger partial charge in [-0.25, -0.2) is 8.42 Å². The molecule has 100 valence electrons. The molecule has 0 fully saturated rings. The molecule has 1 rings (SSSR count). The number of benzene rings is 1. The zero-order chi connectivity index (χ0) is 14.1. The van der Waals surface area contributed by atoms with E-state index in [0.717, 1.165) is 0 Å². The minimum atomic E-state index is -3.75. The summed E-state index contributed by atoms with van der Waals surface area (Å²) < 4.78 is 22.4. The topological polar surface area (TPSA) is 63.2 Å². The van der Waals surface area contributed by atoms with Crippen molar-refractivity contribution in [3.63, 3.8) is 0 Å². The monoisotopic (exact) mass is 289 g/mol. The molecule has 4 nitrogen and oxygen atoms in total. The van der Waals surface area contributed by atoms with E-state index in [4.69, 9.17) is 10.7 Å². The molecule has 1 amide bonds. The van der Waals surface area contributed by atoms with Crippen LogP contribution in [0.1, 0.15) is 26.3 Å². The summed E-state index contributed by atoms with van der Waals surface area (Å²) in [5.41, 5.74) is 0.540. The molecule has 0 saturated carbocycles. The van der Waals surface area contributed by atoms with E-state index in [1.165, 1.54) is 12.1 Å². The highest BCUT2D eigenvalue weighted by Crippen LogP contribution is 2.24. The predicted octanol–water partition coefficient (Wildman–Crippen LogP) is 2.91. The van der Waals surface area contributed by atoms with E-state index in [9.17, 15) is 13.2 Å². The number of rotatable bonds is 2. The lowest BCUT2D eigenvalue weighted by atomic mass is 9.95. The van der Waals surface area contributed by atoms with E-state index in [1.807, 2.05) is 0 Å². The number of halogens is 1. The Bertz CT molecular complexity index is 573. The molecule has 1 N–H and O–H groups in total. The Kier molecular flexibility index (Phi) is 4.08. The van der Waals surface area contributed by atoms with Crippen LogP contribution in [0.15, 0.2) is 23.1 Å². The highest BCUT2D eigenvalue weighted by atomic mass is 35.7. The average molecular weight is 290 g/mol. The van der Waals surface area contributed by atoms with Crippen LogP contribution in [0, 0.1) is 12.3 Å². The van der Waals surface area contributed by atoms with Crippen LogP contribution in [0.5, 0.6) is 0 Å². The second kappa shape index (κ2) is 4.90. The number of anilines is 1. The number of amides is 1. The number of aryl methyl sites for hydroxylation is 1. The molecule has 1 aromatic rings. The zero-order valence-corrected chi connectivity index (χ0v) is 12.3. The van der Waals surface area contributed by atoms with Gasteiger partial charge in [-0.15, -0.1) is 0 Å². The Hall–Kier alpha value is -1.07. The summed E-state index contributed by atoms with van der Waals surface area (Å²) in [5.74, 6) is -0.136. The summed E-state index contributed by atoms with van der Waals surface area (Å²) in [6.45, 7) is 7.02. The second-order valence-corrected chi connectivity index (χ2v) is 7.66. The van der Waals surface area contributed by atoms with E-state index in [2.05, 4.69) is 5.32 Å². The smallest absolute Gasteiger partial charge is 0.261 e. The van der Waals surface area contributed by atoms with Crippen LogP contribution in [0.25, 0.3) is 0 Å². The average Bonchev–Trinajstić information content (AvgIpc) is 2.13. The molecule has 0 radical (unpaired) electrons. The first-order chi connectivity index (χ1) is 8.01. The van der Waals surface area contributed by atoms with Gasteiger partial charge in [0.1, 0.15) is 0 Å². The normalized spacial score (nSPS) is 12.3. The maximum absolute atomic E-state index is 11.8. The number of nitrogens with one attached hydrogen (secondary N) is 1. The Morgan fingerprint density at radius 1 is 1.28 bits per heavy atom. The lowest BCUT2D eigenvalue weighted by molar-refractivity contribution is -0.123. The Labute approximate surface area is 112 Å². The molecule has 18 heavy (non-hydrogen) atoms. The number of carbonyl (C=O) groups is 1. The molecule has 0 aliphatic heterocycles. The Morgan fingerprint density at radius 2 is 1.83 bits per heavy atom. The van der Waals surface area contributed by atoms with Gasteiger partial charge in [0.05, 0.1) is 4.90 Å². The van der Waals surface area contributed by atoms with E-state index >= 15 is 0 Å². The van der Waals surface area contributed by atoms with Crippen molar-refractivity contribution < 1.29 is 13.2 Å². The third-order valence-electron chi connectivity index (χ3n) is 2.38. The highest BCUT2D eigenvalue weighted by molar-refractivity contribution is 8.13. The molecule has 0 spiro atoms. The van der Waals surface area contributed by atoms with Crippen molar-refractivity contribution in [1.29, 1.82) is 0 Å². The van der Waals surface area contributed by atoms with Crippen molar-refractivity contribution in [2.24, 2.45) is 5.41 Å². The molecular formula is C12H16ClNO3S. The maximum Gasteiger partial charge on any atom is 0.261 e. The van der Waals surface area contributed by atoms with Crippen LogP contribution in [-0.4, -0.2) is 14.3 Å². The number of carbonyl (C=O) groups excluding carboxylic acids is 1. The van der Waals surface area contributed by atoms with Crippen LogP contribution < -0.4 is 5.32 Å². The summed E-state index contributed by atoms with van der Waals surface area (Å²) >= 11 is 0. The van der Waals surface area contributed by atoms with Crippen LogP contribution in [0.2, 0.25) is 0 Å². The van der Waals surface area contributed by atoms with Crippen LogP contribution >= 0.6 is 10.7 Å². The van der Waals surface area contributed by atoms with Crippen LogP contribution in [0.4, 0.5) is 5.69 Å². The van der Waals surface area contributed by atoms with Gasteiger partial charge in [0.25, 0.3) is 9.05 Å². The summed E-state index contributed by atoms with van der Waals surface area (Å²) in [4.78, 5) is 11.8. The fourth-order valence-corrected chi connectivity index (χ4v) is 2.51. The van der Waals surface area contributed by atoms with Crippen molar-refractivity contribution in [3.8, 4) is 0 Å². The second-order valence-electron chi connectivity index (χ2n) is 5.12. The molecule has 1 aromatic carbocycles. The van der Waals surface area contributed by atoms with Crippen molar-refractivity contribution in [1.82, 2.24) is 0 Å². The summed E-state index contributed by atoms with van der Waals surface area (Å²) in [7, 11) is 1.53. The standard InChI is InChI=1S/C12H16ClNO3S/c1-8-7-9(14-11(15)12(2,3)4)5-6-10(8)18(13,16)17/h5-7H,1-4H3,(H,14,15). The molecule has 0 aliphatic rings. The maximum atomic E-state index is 11.8. The lowest BCUT2D eigenvalue weighted by Crippen LogP contribution is -2.27.